The first-order valence-electron chi connectivity index (χ1n) is 5.96. The zero-order chi connectivity index (χ0) is 12.3. The summed E-state index contributed by atoms with van der Waals surface area (Å²) in [5, 5.41) is 31.5. The van der Waals surface area contributed by atoms with Gasteiger partial charge in [0.25, 0.3) is 0 Å². The van der Waals surface area contributed by atoms with E-state index in [-0.39, 0.29) is 17.4 Å². The molecular weight excluding hydrogens is 218 g/mol. The molecule has 2 rings (SSSR count). The molecule has 4 heteroatoms. The van der Waals surface area contributed by atoms with Gasteiger partial charge in [-0.05, 0) is 25.0 Å². The number of oxime groups is 1. The summed E-state index contributed by atoms with van der Waals surface area (Å²) in [5.41, 5.74) is 1.04. The van der Waals surface area contributed by atoms with Gasteiger partial charge in [0.2, 0.25) is 0 Å². The van der Waals surface area contributed by atoms with Crippen molar-refractivity contribution in [1.82, 2.24) is 0 Å². The van der Waals surface area contributed by atoms with Gasteiger partial charge in [0.1, 0.15) is 11.5 Å². The van der Waals surface area contributed by atoms with Crippen LogP contribution in [-0.2, 0) is 0 Å². The molecule has 1 aromatic carbocycles. The number of aromatic hydroxyl groups is 2. The number of nitrogens with zero attached hydrogens (tertiary/aromatic N) is 1. The molecule has 1 aliphatic rings. The Labute approximate surface area is 100 Å². The van der Waals surface area contributed by atoms with E-state index in [0.717, 1.165) is 25.7 Å². The molecule has 0 saturated heterocycles. The fourth-order valence-electron chi connectivity index (χ4n) is 2.47. The quantitative estimate of drug-likeness (QED) is 0.419. The highest BCUT2D eigenvalue weighted by Crippen LogP contribution is 2.31. The van der Waals surface area contributed by atoms with Crippen LogP contribution in [0, 0.1) is 5.92 Å². The molecule has 1 saturated carbocycles. The molecule has 1 aliphatic carbocycles. The van der Waals surface area contributed by atoms with Crippen LogP contribution >= 0.6 is 0 Å². The topological polar surface area (TPSA) is 73.1 Å². The van der Waals surface area contributed by atoms with Gasteiger partial charge in [-0.15, -0.1) is 0 Å². The SMILES string of the molecule is ON=C(c1ccc(O)cc1O)C1CCCCC1. The van der Waals surface area contributed by atoms with Crippen LogP contribution in [0.15, 0.2) is 23.4 Å². The minimum atomic E-state index is -0.0385. The van der Waals surface area contributed by atoms with Crippen molar-refractivity contribution >= 4 is 5.71 Å². The highest BCUT2D eigenvalue weighted by atomic mass is 16.4. The smallest absolute Gasteiger partial charge is 0.128 e. The Kier molecular flexibility index (Phi) is 3.52. The monoisotopic (exact) mass is 235 g/mol. The molecule has 1 aromatic rings. The van der Waals surface area contributed by atoms with Crippen LogP contribution < -0.4 is 0 Å². The lowest BCUT2D eigenvalue weighted by molar-refractivity contribution is 0.310. The Morgan fingerprint density at radius 2 is 1.82 bits per heavy atom. The molecule has 92 valence electrons. The standard InChI is InChI=1S/C13H17NO3/c15-10-6-7-11(12(16)8-10)13(14-17)9-4-2-1-3-5-9/h6-9,15-17H,1-5H2. The Hall–Kier alpha value is -1.71. The lowest BCUT2D eigenvalue weighted by atomic mass is 9.83. The lowest BCUT2D eigenvalue weighted by Crippen LogP contribution is -2.19. The van der Waals surface area contributed by atoms with Crippen LogP contribution in [0.4, 0.5) is 0 Å². The van der Waals surface area contributed by atoms with E-state index in [0.29, 0.717) is 11.3 Å². The molecular formula is C13H17NO3. The first-order chi connectivity index (χ1) is 8.22. The number of phenols is 2. The Morgan fingerprint density at radius 1 is 1.12 bits per heavy atom. The zero-order valence-electron chi connectivity index (χ0n) is 9.63. The molecule has 0 aliphatic heterocycles. The molecule has 1 fully saturated rings. The lowest BCUT2D eigenvalue weighted by Gasteiger charge is -2.22. The number of rotatable bonds is 2. The summed E-state index contributed by atoms with van der Waals surface area (Å²) in [4.78, 5) is 0. The van der Waals surface area contributed by atoms with Crippen LogP contribution in [0.25, 0.3) is 0 Å². The van der Waals surface area contributed by atoms with Gasteiger partial charge in [-0.3, -0.25) is 0 Å². The van der Waals surface area contributed by atoms with Crippen molar-refractivity contribution in [3.05, 3.63) is 23.8 Å². The van der Waals surface area contributed by atoms with Gasteiger partial charge < -0.3 is 15.4 Å². The summed E-state index contributed by atoms with van der Waals surface area (Å²) in [5.74, 6) is 0.166. The summed E-state index contributed by atoms with van der Waals surface area (Å²) in [6.07, 6.45) is 5.45. The molecule has 17 heavy (non-hydrogen) atoms. The first-order valence-corrected chi connectivity index (χ1v) is 5.96. The highest BCUT2D eigenvalue weighted by Gasteiger charge is 2.23. The van der Waals surface area contributed by atoms with Crippen molar-refractivity contribution in [3.63, 3.8) is 0 Å². The van der Waals surface area contributed by atoms with Crippen molar-refractivity contribution in [2.24, 2.45) is 11.1 Å². The van der Waals surface area contributed by atoms with Gasteiger partial charge in [-0.1, -0.05) is 24.4 Å². The van der Waals surface area contributed by atoms with E-state index in [1.165, 1.54) is 18.6 Å². The van der Waals surface area contributed by atoms with Crippen molar-refractivity contribution < 1.29 is 15.4 Å². The maximum atomic E-state index is 9.77. The van der Waals surface area contributed by atoms with Crippen LogP contribution in [-0.4, -0.2) is 21.1 Å². The molecule has 4 nitrogen and oxygen atoms in total. The largest absolute Gasteiger partial charge is 0.508 e. The van der Waals surface area contributed by atoms with Gasteiger partial charge in [0, 0.05) is 17.5 Å². The summed E-state index contributed by atoms with van der Waals surface area (Å²) in [6.45, 7) is 0. The number of hydrogen-bond acceptors (Lipinski definition) is 4. The molecule has 0 radical (unpaired) electrons. The molecule has 0 unspecified atom stereocenters. The second kappa shape index (κ2) is 5.08. The van der Waals surface area contributed by atoms with Gasteiger partial charge >= 0.3 is 0 Å². The fraction of sp³-hybridized carbons (Fsp3) is 0.462. The maximum absolute atomic E-state index is 9.77. The van der Waals surface area contributed by atoms with Crippen LogP contribution in [0.2, 0.25) is 0 Å². The summed E-state index contributed by atoms with van der Waals surface area (Å²) < 4.78 is 0. The van der Waals surface area contributed by atoms with Crippen molar-refractivity contribution in [3.8, 4) is 11.5 Å². The third kappa shape index (κ3) is 2.52. The molecule has 0 heterocycles. The second-order valence-electron chi connectivity index (χ2n) is 4.52. The van der Waals surface area contributed by atoms with Crippen LogP contribution in [0.1, 0.15) is 37.7 Å². The van der Waals surface area contributed by atoms with Gasteiger partial charge in [0.05, 0.1) is 5.71 Å². The molecule has 0 bridgehead atoms. The minimum absolute atomic E-state index is 0.00665. The van der Waals surface area contributed by atoms with Crippen molar-refractivity contribution in [1.29, 1.82) is 0 Å². The Balaban J connectivity index is 2.28. The van der Waals surface area contributed by atoms with E-state index in [1.807, 2.05) is 0 Å². The van der Waals surface area contributed by atoms with Crippen molar-refractivity contribution in [2.75, 3.05) is 0 Å². The van der Waals surface area contributed by atoms with E-state index >= 15 is 0 Å². The Bertz CT molecular complexity index is 423. The summed E-state index contributed by atoms with van der Waals surface area (Å²) >= 11 is 0. The van der Waals surface area contributed by atoms with Crippen molar-refractivity contribution in [2.45, 2.75) is 32.1 Å². The molecule has 0 spiro atoms. The molecule has 0 aromatic heterocycles. The number of benzene rings is 1. The van der Waals surface area contributed by atoms with E-state index in [4.69, 9.17) is 5.21 Å². The average molecular weight is 235 g/mol. The average Bonchev–Trinajstić information content (AvgIpc) is 2.34. The second-order valence-corrected chi connectivity index (χ2v) is 4.52. The normalized spacial score (nSPS) is 18.2. The first kappa shape index (κ1) is 11.8. The fourth-order valence-corrected chi connectivity index (χ4v) is 2.47. The third-order valence-electron chi connectivity index (χ3n) is 3.36. The Morgan fingerprint density at radius 3 is 2.41 bits per heavy atom. The number of hydrogen-bond donors (Lipinski definition) is 3. The highest BCUT2D eigenvalue weighted by molar-refractivity contribution is 6.04. The third-order valence-corrected chi connectivity index (χ3v) is 3.36. The van der Waals surface area contributed by atoms with Gasteiger partial charge in [0.15, 0.2) is 0 Å². The maximum Gasteiger partial charge on any atom is 0.128 e. The van der Waals surface area contributed by atoms with E-state index < -0.39 is 0 Å². The van der Waals surface area contributed by atoms with E-state index in [2.05, 4.69) is 5.16 Å². The van der Waals surface area contributed by atoms with Gasteiger partial charge in [-0.25, -0.2) is 0 Å². The predicted molar refractivity (Wildman–Crippen MR) is 64.7 cm³/mol. The van der Waals surface area contributed by atoms with E-state index in [9.17, 15) is 10.2 Å². The van der Waals surface area contributed by atoms with Crippen LogP contribution in [0.5, 0.6) is 11.5 Å². The minimum Gasteiger partial charge on any atom is -0.508 e. The summed E-state index contributed by atoms with van der Waals surface area (Å²) in [6, 6.07) is 4.35. The molecule has 0 atom stereocenters. The van der Waals surface area contributed by atoms with Crippen LogP contribution in [0.3, 0.4) is 0 Å². The summed E-state index contributed by atoms with van der Waals surface area (Å²) in [7, 11) is 0. The predicted octanol–water partition coefficient (Wildman–Crippen LogP) is 2.86. The molecule has 0 amide bonds. The molecule has 3 N–H and O–H groups in total. The number of phenolic OH excluding ortho intramolecular Hbond substituents is 2. The van der Waals surface area contributed by atoms with E-state index in [1.54, 1.807) is 6.07 Å². The van der Waals surface area contributed by atoms with Gasteiger partial charge in [-0.2, -0.15) is 0 Å². The zero-order valence-corrected chi connectivity index (χ0v) is 9.63.